The van der Waals surface area contributed by atoms with Crippen molar-refractivity contribution in [2.75, 3.05) is 19.5 Å². The first-order chi connectivity index (χ1) is 10.7. The van der Waals surface area contributed by atoms with Gasteiger partial charge in [0, 0.05) is 16.2 Å². The standard InChI is InChI=1S/C16H15FN2OS2/c1-10-13(11-3-5-12(20-2)6-4-11)14-15(21-8-7-17)18-9-19-16(14)22-10/h3-6,9H,7-8H2,1-2H3. The van der Waals surface area contributed by atoms with Crippen molar-refractivity contribution in [2.24, 2.45) is 0 Å². The van der Waals surface area contributed by atoms with Crippen molar-refractivity contribution < 1.29 is 9.13 Å². The van der Waals surface area contributed by atoms with Crippen LogP contribution in [0.4, 0.5) is 4.39 Å². The quantitative estimate of drug-likeness (QED) is 0.499. The molecule has 0 saturated heterocycles. The van der Waals surface area contributed by atoms with Crippen molar-refractivity contribution in [2.45, 2.75) is 11.9 Å². The van der Waals surface area contributed by atoms with E-state index in [1.807, 2.05) is 24.3 Å². The van der Waals surface area contributed by atoms with Gasteiger partial charge in [0.2, 0.25) is 0 Å². The van der Waals surface area contributed by atoms with Gasteiger partial charge in [0.15, 0.2) is 0 Å². The molecular formula is C16H15FN2OS2. The first-order valence-corrected chi connectivity index (χ1v) is 8.62. The number of nitrogens with zero attached hydrogens (tertiary/aromatic N) is 2. The number of aromatic nitrogens is 2. The second-order valence-electron chi connectivity index (χ2n) is 4.66. The fourth-order valence-electron chi connectivity index (χ4n) is 2.37. The molecule has 0 spiro atoms. The van der Waals surface area contributed by atoms with E-state index in [0.717, 1.165) is 32.1 Å². The molecule has 0 radical (unpaired) electrons. The van der Waals surface area contributed by atoms with Gasteiger partial charge in [-0.25, -0.2) is 9.97 Å². The maximum atomic E-state index is 12.5. The van der Waals surface area contributed by atoms with Crippen LogP contribution in [0.1, 0.15) is 4.88 Å². The number of methoxy groups -OCH3 is 1. The maximum absolute atomic E-state index is 12.5. The van der Waals surface area contributed by atoms with E-state index in [0.29, 0.717) is 5.75 Å². The average molecular weight is 334 g/mol. The Morgan fingerprint density at radius 2 is 2.00 bits per heavy atom. The Balaban J connectivity index is 2.16. The van der Waals surface area contributed by atoms with Crippen LogP contribution < -0.4 is 4.74 Å². The molecule has 2 heterocycles. The van der Waals surface area contributed by atoms with E-state index >= 15 is 0 Å². The number of alkyl halides is 1. The zero-order valence-electron chi connectivity index (χ0n) is 12.3. The predicted octanol–water partition coefficient (Wildman–Crippen LogP) is 4.74. The molecule has 3 aromatic rings. The zero-order valence-corrected chi connectivity index (χ0v) is 13.9. The van der Waals surface area contributed by atoms with Crippen LogP contribution in [0.3, 0.4) is 0 Å². The van der Waals surface area contributed by atoms with Crippen LogP contribution in [-0.2, 0) is 0 Å². The van der Waals surface area contributed by atoms with Crippen molar-refractivity contribution in [1.29, 1.82) is 0 Å². The van der Waals surface area contributed by atoms with Crippen LogP contribution in [-0.4, -0.2) is 29.5 Å². The molecule has 22 heavy (non-hydrogen) atoms. The maximum Gasteiger partial charge on any atom is 0.128 e. The molecule has 6 heteroatoms. The normalized spacial score (nSPS) is 11.0. The molecule has 0 aliphatic rings. The number of aryl methyl sites for hydroxylation is 1. The molecule has 2 aromatic heterocycles. The highest BCUT2D eigenvalue weighted by Gasteiger charge is 2.16. The molecule has 0 aliphatic heterocycles. The Morgan fingerprint density at radius 3 is 2.68 bits per heavy atom. The molecule has 0 unspecified atom stereocenters. The Morgan fingerprint density at radius 1 is 1.23 bits per heavy atom. The minimum atomic E-state index is -0.364. The third-order valence-corrected chi connectivity index (χ3v) is 5.28. The third kappa shape index (κ3) is 2.80. The molecule has 0 amide bonds. The molecular weight excluding hydrogens is 319 g/mol. The number of benzene rings is 1. The molecule has 0 N–H and O–H groups in total. The summed E-state index contributed by atoms with van der Waals surface area (Å²) >= 11 is 3.08. The first-order valence-electron chi connectivity index (χ1n) is 6.82. The highest BCUT2D eigenvalue weighted by molar-refractivity contribution is 7.99. The van der Waals surface area contributed by atoms with Gasteiger partial charge in [-0.2, -0.15) is 0 Å². The Hall–Kier alpha value is -1.66. The molecule has 0 saturated carbocycles. The lowest BCUT2D eigenvalue weighted by Gasteiger charge is -2.06. The summed E-state index contributed by atoms with van der Waals surface area (Å²) in [5, 5.41) is 1.87. The van der Waals surface area contributed by atoms with Crippen molar-refractivity contribution in [3.8, 4) is 16.9 Å². The molecule has 0 fully saturated rings. The summed E-state index contributed by atoms with van der Waals surface area (Å²) in [6.45, 7) is 1.71. The van der Waals surface area contributed by atoms with E-state index in [1.54, 1.807) is 24.8 Å². The summed E-state index contributed by atoms with van der Waals surface area (Å²) in [6, 6.07) is 7.95. The molecule has 0 atom stereocenters. The van der Waals surface area contributed by atoms with Gasteiger partial charge in [-0.05, 0) is 24.6 Å². The number of thioether (sulfide) groups is 1. The fraction of sp³-hybridized carbons (Fsp3) is 0.250. The van der Waals surface area contributed by atoms with Crippen molar-refractivity contribution in [1.82, 2.24) is 9.97 Å². The van der Waals surface area contributed by atoms with E-state index in [4.69, 9.17) is 4.74 Å². The van der Waals surface area contributed by atoms with Gasteiger partial charge in [0.1, 0.15) is 21.9 Å². The summed E-state index contributed by atoms with van der Waals surface area (Å²) in [7, 11) is 1.65. The number of ether oxygens (including phenoxy) is 1. The lowest BCUT2D eigenvalue weighted by atomic mass is 10.0. The van der Waals surface area contributed by atoms with E-state index in [9.17, 15) is 4.39 Å². The van der Waals surface area contributed by atoms with E-state index in [-0.39, 0.29) is 6.67 Å². The van der Waals surface area contributed by atoms with Crippen LogP contribution in [0.15, 0.2) is 35.6 Å². The average Bonchev–Trinajstić information content (AvgIpc) is 2.89. The van der Waals surface area contributed by atoms with Crippen LogP contribution in [0.5, 0.6) is 5.75 Å². The van der Waals surface area contributed by atoms with Gasteiger partial charge in [-0.3, -0.25) is 4.39 Å². The monoisotopic (exact) mass is 334 g/mol. The highest BCUT2D eigenvalue weighted by Crippen LogP contribution is 2.41. The van der Waals surface area contributed by atoms with Crippen LogP contribution in [0.2, 0.25) is 0 Å². The van der Waals surface area contributed by atoms with Gasteiger partial charge >= 0.3 is 0 Å². The lowest BCUT2D eigenvalue weighted by molar-refractivity contribution is 0.415. The lowest BCUT2D eigenvalue weighted by Crippen LogP contribution is -1.89. The van der Waals surface area contributed by atoms with Gasteiger partial charge < -0.3 is 4.74 Å². The smallest absolute Gasteiger partial charge is 0.128 e. The number of fused-ring (bicyclic) bond motifs is 1. The molecule has 0 bridgehead atoms. The second kappa shape index (κ2) is 6.62. The van der Waals surface area contributed by atoms with Crippen molar-refractivity contribution >= 4 is 33.3 Å². The van der Waals surface area contributed by atoms with Crippen LogP contribution in [0.25, 0.3) is 21.3 Å². The molecule has 1 aromatic carbocycles. The molecule has 3 rings (SSSR count). The summed E-state index contributed by atoms with van der Waals surface area (Å²) < 4.78 is 17.7. The number of hydrogen-bond acceptors (Lipinski definition) is 5. The van der Waals surface area contributed by atoms with Crippen molar-refractivity contribution in [3.63, 3.8) is 0 Å². The van der Waals surface area contributed by atoms with Gasteiger partial charge in [-0.1, -0.05) is 12.1 Å². The van der Waals surface area contributed by atoms with Crippen molar-refractivity contribution in [3.05, 3.63) is 35.5 Å². The Bertz CT molecular complexity index is 787. The van der Waals surface area contributed by atoms with E-state index in [1.165, 1.54) is 16.6 Å². The largest absolute Gasteiger partial charge is 0.497 e. The number of rotatable bonds is 5. The van der Waals surface area contributed by atoms with E-state index < -0.39 is 0 Å². The predicted molar refractivity (Wildman–Crippen MR) is 90.8 cm³/mol. The topological polar surface area (TPSA) is 35.0 Å². The number of thiophene rings is 1. The van der Waals surface area contributed by atoms with Gasteiger partial charge in [-0.15, -0.1) is 23.1 Å². The van der Waals surface area contributed by atoms with Gasteiger partial charge in [0.05, 0.1) is 19.2 Å². The Kier molecular flexibility index (Phi) is 4.59. The summed E-state index contributed by atoms with van der Waals surface area (Å²) in [5.74, 6) is 1.23. The molecule has 114 valence electrons. The summed E-state index contributed by atoms with van der Waals surface area (Å²) in [6.07, 6.45) is 1.55. The third-order valence-electron chi connectivity index (χ3n) is 3.32. The Labute approximate surface area is 136 Å². The SMILES string of the molecule is COc1ccc(-c2c(C)sc3ncnc(SCCF)c23)cc1. The van der Waals surface area contributed by atoms with E-state index in [2.05, 4.69) is 16.9 Å². The second-order valence-corrected chi connectivity index (χ2v) is 6.94. The van der Waals surface area contributed by atoms with Gasteiger partial charge in [0.25, 0.3) is 0 Å². The number of hydrogen-bond donors (Lipinski definition) is 0. The minimum Gasteiger partial charge on any atom is -0.497 e. The minimum absolute atomic E-state index is 0.364. The number of halogens is 1. The molecule has 0 aliphatic carbocycles. The highest BCUT2D eigenvalue weighted by atomic mass is 32.2. The van der Waals surface area contributed by atoms with Crippen LogP contribution in [0, 0.1) is 6.92 Å². The fourth-order valence-corrected chi connectivity index (χ4v) is 4.18. The molecule has 3 nitrogen and oxygen atoms in total. The summed E-state index contributed by atoms with van der Waals surface area (Å²) in [4.78, 5) is 10.8. The first kappa shape index (κ1) is 15.2. The summed E-state index contributed by atoms with van der Waals surface area (Å²) in [5.41, 5.74) is 2.23. The zero-order chi connectivity index (χ0) is 15.5. The van der Waals surface area contributed by atoms with Crippen LogP contribution >= 0.6 is 23.1 Å².